The van der Waals surface area contributed by atoms with Crippen molar-refractivity contribution in [3.8, 4) is 0 Å². The van der Waals surface area contributed by atoms with Crippen LogP contribution in [0, 0.1) is 0 Å². The monoisotopic (exact) mass is 258 g/mol. The van der Waals surface area contributed by atoms with E-state index < -0.39 is 12.1 Å². The minimum absolute atomic E-state index is 0.0334. The maximum atomic E-state index is 11.9. The smallest absolute Gasteiger partial charge is 0.332 e. The summed E-state index contributed by atoms with van der Waals surface area (Å²) in [5.74, 6) is -1.26. The number of aliphatic hydroxyl groups excluding tert-OH is 1. The Balaban J connectivity index is 2.33. The average molecular weight is 258 g/mol. The van der Waals surface area contributed by atoms with Gasteiger partial charge in [-0.3, -0.25) is 0 Å². The Labute approximate surface area is 107 Å². The highest BCUT2D eigenvalue weighted by Gasteiger charge is 2.25. The maximum absolute atomic E-state index is 11.9. The molecule has 0 aromatic carbocycles. The lowest BCUT2D eigenvalue weighted by atomic mass is 10.0. The molecule has 1 saturated heterocycles. The topological polar surface area (TPSA) is 89.9 Å². The molecule has 6 heteroatoms. The van der Waals surface area contributed by atoms with Gasteiger partial charge in [0, 0.05) is 25.6 Å². The average Bonchev–Trinajstić information content (AvgIpc) is 2.38. The van der Waals surface area contributed by atoms with Crippen LogP contribution in [0.15, 0.2) is 0 Å². The second-order valence-electron chi connectivity index (χ2n) is 4.63. The normalized spacial score (nSPS) is 21.4. The van der Waals surface area contributed by atoms with Gasteiger partial charge in [-0.15, -0.1) is 0 Å². The van der Waals surface area contributed by atoms with E-state index in [-0.39, 0.29) is 25.0 Å². The van der Waals surface area contributed by atoms with E-state index in [2.05, 4.69) is 12.2 Å². The summed E-state index contributed by atoms with van der Waals surface area (Å²) in [6.45, 7) is 3.00. The quantitative estimate of drug-likeness (QED) is 0.680. The van der Waals surface area contributed by atoms with Crippen LogP contribution in [0.1, 0.15) is 39.0 Å². The summed E-state index contributed by atoms with van der Waals surface area (Å²) < 4.78 is 0. The van der Waals surface area contributed by atoms with Gasteiger partial charge in [-0.1, -0.05) is 6.92 Å². The molecular formula is C12H22N2O4. The lowest BCUT2D eigenvalue weighted by Gasteiger charge is -2.35. The fraction of sp³-hybridized carbons (Fsp3) is 0.833. The van der Waals surface area contributed by atoms with Crippen LogP contribution in [-0.2, 0) is 4.79 Å². The minimum atomic E-state index is -1.41. The molecule has 0 radical (unpaired) electrons. The molecule has 0 saturated carbocycles. The van der Waals surface area contributed by atoms with Gasteiger partial charge in [-0.2, -0.15) is 0 Å². The number of nitrogens with zero attached hydrogens (tertiary/aromatic N) is 1. The largest absolute Gasteiger partial charge is 0.479 e. The van der Waals surface area contributed by atoms with E-state index in [9.17, 15) is 9.59 Å². The van der Waals surface area contributed by atoms with Crippen molar-refractivity contribution in [2.45, 2.75) is 51.2 Å². The molecule has 1 heterocycles. The first kappa shape index (κ1) is 14.8. The molecule has 0 aromatic heterocycles. The Morgan fingerprint density at radius 2 is 2.17 bits per heavy atom. The summed E-state index contributed by atoms with van der Waals surface area (Å²) in [4.78, 5) is 24.1. The summed E-state index contributed by atoms with van der Waals surface area (Å²) in [6.07, 6.45) is 2.76. The molecule has 0 aliphatic carbocycles. The Bertz CT molecular complexity index is 296. The Hall–Kier alpha value is -1.30. The van der Waals surface area contributed by atoms with Crippen molar-refractivity contribution in [3.63, 3.8) is 0 Å². The van der Waals surface area contributed by atoms with Gasteiger partial charge >= 0.3 is 12.0 Å². The zero-order valence-electron chi connectivity index (χ0n) is 10.8. The molecule has 0 bridgehead atoms. The van der Waals surface area contributed by atoms with Crippen molar-refractivity contribution in [3.05, 3.63) is 0 Å². The number of rotatable bonds is 5. The summed E-state index contributed by atoms with van der Waals surface area (Å²) in [7, 11) is 0. The number of carboxylic acids is 1. The first-order chi connectivity index (χ1) is 8.56. The predicted molar refractivity (Wildman–Crippen MR) is 66.3 cm³/mol. The van der Waals surface area contributed by atoms with Gasteiger partial charge < -0.3 is 20.4 Å². The highest BCUT2D eigenvalue weighted by molar-refractivity contribution is 5.75. The molecule has 1 aliphatic rings. The number of likely N-dealkylation sites (tertiary alicyclic amines) is 1. The van der Waals surface area contributed by atoms with Gasteiger partial charge in [0.15, 0.2) is 6.10 Å². The van der Waals surface area contributed by atoms with Crippen molar-refractivity contribution in [2.24, 2.45) is 0 Å². The number of amides is 2. The third kappa shape index (κ3) is 4.18. The summed E-state index contributed by atoms with van der Waals surface area (Å²) in [5, 5.41) is 20.3. The zero-order valence-corrected chi connectivity index (χ0v) is 10.8. The lowest BCUT2D eigenvalue weighted by Crippen LogP contribution is -2.49. The third-order valence-electron chi connectivity index (χ3n) is 3.34. The van der Waals surface area contributed by atoms with E-state index in [0.717, 1.165) is 32.2 Å². The van der Waals surface area contributed by atoms with Crippen LogP contribution in [-0.4, -0.2) is 52.3 Å². The van der Waals surface area contributed by atoms with E-state index in [4.69, 9.17) is 10.2 Å². The maximum Gasteiger partial charge on any atom is 0.332 e. The fourth-order valence-corrected chi connectivity index (χ4v) is 2.23. The van der Waals surface area contributed by atoms with Gasteiger partial charge in [0.1, 0.15) is 0 Å². The molecule has 0 spiro atoms. The molecule has 6 nitrogen and oxygen atoms in total. The Morgan fingerprint density at radius 3 is 2.78 bits per heavy atom. The fourth-order valence-electron chi connectivity index (χ4n) is 2.23. The van der Waals surface area contributed by atoms with E-state index in [0.29, 0.717) is 0 Å². The first-order valence-corrected chi connectivity index (χ1v) is 6.51. The standard InChI is InChI=1S/C12H22N2O4/c1-2-9-5-3-4-8-14(9)12(18)13-7-6-10(15)11(16)17/h9-10,15H,2-8H2,1H3,(H,13,18)(H,16,17). The molecule has 0 aromatic rings. The second-order valence-corrected chi connectivity index (χ2v) is 4.63. The first-order valence-electron chi connectivity index (χ1n) is 6.51. The number of aliphatic hydroxyl groups is 1. The Kier molecular flexibility index (Phi) is 5.91. The van der Waals surface area contributed by atoms with Crippen LogP contribution in [0.5, 0.6) is 0 Å². The van der Waals surface area contributed by atoms with Crippen molar-refractivity contribution in [2.75, 3.05) is 13.1 Å². The molecular weight excluding hydrogens is 236 g/mol. The van der Waals surface area contributed by atoms with Crippen molar-refractivity contribution in [1.29, 1.82) is 0 Å². The molecule has 18 heavy (non-hydrogen) atoms. The second kappa shape index (κ2) is 7.20. The number of aliphatic carboxylic acids is 1. The van der Waals surface area contributed by atoms with Gasteiger partial charge in [-0.25, -0.2) is 9.59 Å². The number of hydrogen-bond acceptors (Lipinski definition) is 3. The van der Waals surface area contributed by atoms with Crippen molar-refractivity contribution >= 4 is 12.0 Å². The van der Waals surface area contributed by atoms with Gasteiger partial charge in [0.25, 0.3) is 0 Å². The molecule has 1 fully saturated rings. The number of piperidine rings is 1. The summed E-state index contributed by atoms with van der Waals surface area (Å²) in [6, 6.07) is 0.127. The van der Waals surface area contributed by atoms with Gasteiger partial charge in [0.05, 0.1) is 0 Å². The molecule has 2 atom stereocenters. The third-order valence-corrected chi connectivity index (χ3v) is 3.34. The van der Waals surface area contributed by atoms with Crippen LogP contribution in [0.3, 0.4) is 0 Å². The number of nitrogens with one attached hydrogen (secondary N) is 1. The van der Waals surface area contributed by atoms with Gasteiger partial charge in [-0.05, 0) is 25.7 Å². The summed E-state index contributed by atoms with van der Waals surface area (Å²) in [5.41, 5.74) is 0. The lowest BCUT2D eigenvalue weighted by molar-refractivity contribution is -0.146. The Morgan fingerprint density at radius 1 is 1.44 bits per heavy atom. The van der Waals surface area contributed by atoms with E-state index in [1.54, 1.807) is 0 Å². The molecule has 104 valence electrons. The van der Waals surface area contributed by atoms with E-state index in [1.807, 2.05) is 4.90 Å². The van der Waals surface area contributed by atoms with E-state index in [1.165, 1.54) is 0 Å². The molecule has 3 N–H and O–H groups in total. The summed E-state index contributed by atoms with van der Waals surface area (Å²) >= 11 is 0. The van der Waals surface area contributed by atoms with Gasteiger partial charge in [0.2, 0.25) is 0 Å². The SMILES string of the molecule is CCC1CCCCN1C(=O)NCCC(O)C(=O)O. The number of carbonyl (C=O) groups is 2. The molecule has 1 aliphatic heterocycles. The number of urea groups is 1. The van der Waals surface area contributed by atoms with Crippen LogP contribution in [0.25, 0.3) is 0 Å². The highest BCUT2D eigenvalue weighted by Crippen LogP contribution is 2.19. The van der Waals surface area contributed by atoms with Crippen LogP contribution < -0.4 is 5.32 Å². The minimum Gasteiger partial charge on any atom is -0.479 e. The van der Waals surface area contributed by atoms with Crippen molar-refractivity contribution < 1.29 is 19.8 Å². The van der Waals surface area contributed by atoms with E-state index >= 15 is 0 Å². The number of hydrogen-bond donors (Lipinski definition) is 3. The zero-order chi connectivity index (χ0) is 13.5. The molecule has 2 amide bonds. The highest BCUT2D eigenvalue weighted by atomic mass is 16.4. The predicted octanol–water partition coefficient (Wildman–Crippen LogP) is 0.796. The van der Waals surface area contributed by atoms with Crippen LogP contribution >= 0.6 is 0 Å². The van der Waals surface area contributed by atoms with Crippen LogP contribution in [0.2, 0.25) is 0 Å². The molecule has 2 unspecified atom stereocenters. The number of carbonyl (C=O) groups excluding carboxylic acids is 1. The number of carboxylic acid groups (broad SMARTS) is 1. The van der Waals surface area contributed by atoms with Crippen molar-refractivity contribution in [1.82, 2.24) is 10.2 Å². The molecule has 1 rings (SSSR count). The van der Waals surface area contributed by atoms with Crippen LogP contribution in [0.4, 0.5) is 4.79 Å².